The van der Waals surface area contributed by atoms with Crippen LogP contribution in [0.3, 0.4) is 0 Å². The number of benzene rings is 2. The summed E-state index contributed by atoms with van der Waals surface area (Å²) in [6, 6.07) is 15.8. The summed E-state index contributed by atoms with van der Waals surface area (Å²) in [5, 5.41) is 26.5. The zero-order valence-electron chi connectivity index (χ0n) is 21.6. The van der Waals surface area contributed by atoms with Crippen LogP contribution in [0.15, 0.2) is 60.9 Å². The molecule has 0 unspecified atom stereocenters. The van der Waals surface area contributed by atoms with Crippen LogP contribution >= 0.6 is 11.6 Å². The Labute approximate surface area is 232 Å². The highest BCUT2D eigenvalue weighted by atomic mass is 35.5. The molecule has 5 N–H and O–H groups in total. The van der Waals surface area contributed by atoms with Crippen molar-refractivity contribution in [2.24, 2.45) is 0 Å². The second-order valence-corrected chi connectivity index (χ2v) is 9.42. The zero-order valence-corrected chi connectivity index (χ0v) is 22.3. The van der Waals surface area contributed by atoms with Crippen LogP contribution in [0.4, 0.5) is 5.69 Å². The summed E-state index contributed by atoms with van der Waals surface area (Å²) in [5.74, 6) is -2.21. The van der Waals surface area contributed by atoms with Crippen LogP contribution in [-0.4, -0.2) is 52.7 Å². The normalized spacial score (nSPS) is 12.2. The molecular weight excluding hydrogens is 520 g/mol. The Balaban J connectivity index is 0.000000459. The second kappa shape index (κ2) is 15.5. The quantitative estimate of drug-likeness (QED) is 0.255. The molecule has 10 heteroatoms. The van der Waals surface area contributed by atoms with Crippen LogP contribution < -0.4 is 16.0 Å². The molecule has 4 rings (SSSR count). The monoisotopic (exact) mass is 552 g/mol. The molecule has 0 radical (unpaired) electrons. The maximum Gasteiger partial charge on any atom is 0.303 e. The Hall–Kier alpha value is -3.95. The topological polar surface area (TPSA) is 141 Å². The van der Waals surface area contributed by atoms with Crippen molar-refractivity contribution in [2.75, 3.05) is 25.0 Å². The van der Waals surface area contributed by atoms with E-state index in [2.05, 4.69) is 27.0 Å². The van der Waals surface area contributed by atoms with Crippen molar-refractivity contribution < 1.29 is 24.6 Å². The molecular formula is C29H33ClN4O5. The lowest BCUT2D eigenvalue weighted by molar-refractivity contribution is -0.143. The lowest BCUT2D eigenvalue weighted by Gasteiger charge is -2.16. The molecule has 39 heavy (non-hydrogen) atoms. The third-order valence-electron chi connectivity index (χ3n) is 6.17. The second-order valence-electron chi connectivity index (χ2n) is 9.01. The number of pyridine rings is 1. The minimum atomic E-state index is -1.08. The highest BCUT2D eigenvalue weighted by Gasteiger charge is 2.15. The molecule has 1 aliphatic rings. The van der Waals surface area contributed by atoms with Crippen LogP contribution in [0.2, 0.25) is 5.02 Å². The number of halogens is 1. The van der Waals surface area contributed by atoms with E-state index in [1.807, 2.05) is 42.5 Å². The van der Waals surface area contributed by atoms with Crippen molar-refractivity contribution in [1.29, 1.82) is 0 Å². The van der Waals surface area contributed by atoms with Gasteiger partial charge in [-0.05, 0) is 84.9 Å². The number of aromatic nitrogens is 1. The van der Waals surface area contributed by atoms with Gasteiger partial charge < -0.3 is 26.2 Å². The molecule has 3 aromatic rings. The smallest absolute Gasteiger partial charge is 0.303 e. The van der Waals surface area contributed by atoms with Gasteiger partial charge in [0.05, 0.1) is 23.6 Å². The molecule has 2 aromatic carbocycles. The summed E-state index contributed by atoms with van der Waals surface area (Å²) < 4.78 is 0. The average molecular weight is 553 g/mol. The number of carbonyl (C=O) groups is 3. The van der Waals surface area contributed by atoms with Gasteiger partial charge in [0, 0.05) is 31.0 Å². The van der Waals surface area contributed by atoms with E-state index in [-0.39, 0.29) is 18.7 Å². The van der Waals surface area contributed by atoms with Crippen molar-refractivity contribution >= 4 is 35.1 Å². The number of hydrogen-bond donors (Lipinski definition) is 5. The van der Waals surface area contributed by atoms with E-state index in [1.165, 1.54) is 11.1 Å². The number of carboxylic acids is 2. The lowest BCUT2D eigenvalue weighted by atomic mass is 10.0. The number of hydrogen-bond acceptors (Lipinski definition) is 6. The fourth-order valence-electron chi connectivity index (χ4n) is 4.08. The molecule has 1 aromatic heterocycles. The number of carboxylic acid groups (broad SMARTS) is 2. The molecule has 0 saturated carbocycles. The van der Waals surface area contributed by atoms with E-state index in [0.29, 0.717) is 18.7 Å². The van der Waals surface area contributed by atoms with Gasteiger partial charge in [-0.3, -0.25) is 19.4 Å². The molecule has 0 atom stereocenters. The van der Waals surface area contributed by atoms with E-state index < -0.39 is 11.9 Å². The van der Waals surface area contributed by atoms with Gasteiger partial charge in [-0.25, -0.2) is 0 Å². The highest BCUT2D eigenvalue weighted by Crippen LogP contribution is 2.31. The van der Waals surface area contributed by atoms with Crippen LogP contribution in [-0.2, 0) is 35.4 Å². The Bertz CT molecular complexity index is 1240. The molecule has 9 nitrogen and oxygen atoms in total. The molecule has 1 amide bonds. The summed E-state index contributed by atoms with van der Waals surface area (Å²) in [6.45, 7) is 3.22. The van der Waals surface area contributed by atoms with Gasteiger partial charge in [-0.2, -0.15) is 0 Å². The summed E-state index contributed by atoms with van der Waals surface area (Å²) in [5.41, 5.74) is 6.62. The predicted molar refractivity (Wildman–Crippen MR) is 150 cm³/mol. The first-order valence-electron chi connectivity index (χ1n) is 12.8. The summed E-state index contributed by atoms with van der Waals surface area (Å²) >= 11 is 6.50. The fraction of sp³-hybridized carbons (Fsp3) is 0.310. The van der Waals surface area contributed by atoms with Crippen molar-refractivity contribution in [3.8, 4) is 0 Å². The maximum atomic E-state index is 12.4. The van der Waals surface area contributed by atoms with Gasteiger partial charge in [-0.15, -0.1) is 0 Å². The van der Waals surface area contributed by atoms with Gasteiger partial charge in [0.1, 0.15) is 0 Å². The maximum absolute atomic E-state index is 12.4. The molecule has 0 saturated heterocycles. The van der Waals surface area contributed by atoms with Crippen LogP contribution in [0.1, 0.15) is 45.5 Å². The van der Waals surface area contributed by atoms with E-state index in [4.69, 9.17) is 21.8 Å². The highest BCUT2D eigenvalue weighted by molar-refractivity contribution is 6.33. The number of aliphatic carboxylic acids is 2. The number of amides is 1. The first-order valence-corrected chi connectivity index (χ1v) is 13.2. The van der Waals surface area contributed by atoms with Crippen LogP contribution in [0.5, 0.6) is 0 Å². The first-order chi connectivity index (χ1) is 18.8. The summed E-state index contributed by atoms with van der Waals surface area (Å²) in [4.78, 5) is 35.7. The van der Waals surface area contributed by atoms with Crippen LogP contribution in [0, 0.1) is 0 Å². The third kappa shape index (κ3) is 10.0. The zero-order chi connectivity index (χ0) is 28.0. The van der Waals surface area contributed by atoms with Crippen molar-refractivity contribution in [3.05, 3.63) is 93.8 Å². The van der Waals surface area contributed by atoms with Crippen molar-refractivity contribution in [3.63, 3.8) is 0 Å². The summed E-state index contributed by atoms with van der Waals surface area (Å²) in [6.07, 6.45) is 5.71. The van der Waals surface area contributed by atoms with Gasteiger partial charge in [0.15, 0.2) is 0 Å². The van der Waals surface area contributed by atoms with Crippen molar-refractivity contribution in [2.45, 2.75) is 38.6 Å². The molecule has 0 aliphatic carbocycles. The Morgan fingerprint density at radius 1 is 0.872 bits per heavy atom. The minimum Gasteiger partial charge on any atom is -0.481 e. The number of carbonyl (C=O) groups excluding carboxylic acids is 1. The SMILES string of the molecule is O=C(NCCc1ccncc1)c1ccc(CNc2c(Cl)ccc3c2CCNCC3)cc1.O=C(O)CCC(=O)O. The number of rotatable bonds is 10. The van der Waals surface area contributed by atoms with Crippen molar-refractivity contribution in [1.82, 2.24) is 15.6 Å². The van der Waals surface area contributed by atoms with Gasteiger partial charge >= 0.3 is 11.9 Å². The number of nitrogens with one attached hydrogen (secondary N) is 3. The molecule has 0 bridgehead atoms. The molecule has 1 aliphatic heterocycles. The van der Waals surface area contributed by atoms with Crippen LogP contribution in [0.25, 0.3) is 0 Å². The van der Waals surface area contributed by atoms with E-state index >= 15 is 0 Å². The Kier molecular flexibility index (Phi) is 11.7. The fourth-order valence-corrected chi connectivity index (χ4v) is 4.33. The average Bonchev–Trinajstić information content (AvgIpc) is 3.18. The molecule has 2 heterocycles. The predicted octanol–water partition coefficient (Wildman–Crippen LogP) is 3.94. The van der Waals surface area contributed by atoms with E-state index in [0.717, 1.165) is 54.2 Å². The lowest BCUT2D eigenvalue weighted by Crippen LogP contribution is -2.25. The number of nitrogens with zero attached hydrogens (tertiary/aromatic N) is 1. The number of anilines is 1. The standard InChI is InChI=1S/C25H27ClN4O.C4H6O4/c26-23-6-5-20-10-14-28-15-11-22(20)24(23)30-17-19-1-3-21(4-2-19)25(31)29-16-9-18-7-12-27-13-8-18;5-3(6)1-2-4(7)8/h1-8,12-13,28,30H,9-11,14-17H2,(H,29,31);1-2H2,(H,5,6)(H,7,8). The Morgan fingerprint density at radius 2 is 1.54 bits per heavy atom. The largest absolute Gasteiger partial charge is 0.481 e. The van der Waals surface area contributed by atoms with Gasteiger partial charge in [0.2, 0.25) is 0 Å². The first kappa shape index (κ1) is 29.6. The van der Waals surface area contributed by atoms with Gasteiger partial charge in [-0.1, -0.05) is 29.8 Å². The third-order valence-corrected chi connectivity index (χ3v) is 6.48. The Morgan fingerprint density at radius 3 is 2.21 bits per heavy atom. The molecule has 0 fully saturated rings. The van der Waals surface area contributed by atoms with E-state index in [9.17, 15) is 14.4 Å². The van der Waals surface area contributed by atoms with E-state index in [1.54, 1.807) is 12.4 Å². The molecule has 206 valence electrons. The van der Waals surface area contributed by atoms with Gasteiger partial charge in [0.25, 0.3) is 5.91 Å². The number of fused-ring (bicyclic) bond motifs is 1. The summed E-state index contributed by atoms with van der Waals surface area (Å²) in [7, 11) is 0. The molecule has 0 spiro atoms. The minimum absolute atomic E-state index is 0.0579.